The Bertz CT molecular complexity index is 1090. The number of nitrogens with zero attached hydrogens (tertiary/aromatic N) is 2. The van der Waals surface area contributed by atoms with E-state index in [1.54, 1.807) is 41.5 Å². The molecule has 0 saturated carbocycles. The number of esters is 1. The summed E-state index contributed by atoms with van der Waals surface area (Å²) in [4.78, 5) is 29.6. The van der Waals surface area contributed by atoms with Crippen molar-refractivity contribution < 1.29 is 32.2 Å². The summed E-state index contributed by atoms with van der Waals surface area (Å²) in [5.74, 6) is -2.09. The highest BCUT2D eigenvalue weighted by molar-refractivity contribution is 14.1. The topological polar surface area (TPSA) is 82.5 Å². The lowest BCUT2D eigenvalue weighted by atomic mass is 9.86. The van der Waals surface area contributed by atoms with Crippen LogP contribution in [-0.4, -0.2) is 45.6 Å². The molecule has 1 aromatic heterocycles. The van der Waals surface area contributed by atoms with Gasteiger partial charge in [-0.15, -0.1) is 0 Å². The zero-order chi connectivity index (χ0) is 25.6. The number of hydrogen-bond donors (Lipinski definition) is 1. The van der Waals surface area contributed by atoms with Crippen LogP contribution in [0.25, 0.3) is 11.0 Å². The molecule has 7 nitrogen and oxygen atoms in total. The van der Waals surface area contributed by atoms with Crippen molar-refractivity contribution in [1.82, 2.24) is 14.9 Å². The molecule has 0 radical (unpaired) electrons. The van der Waals surface area contributed by atoms with Gasteiger partial charge in [-0.2, -0.15) is 13.2 Å². The van der Waals surface area contributed by atoms with Gasteiger partial charge in [-0.25, -0.2) is 4.98 Å². The molecule has 3 rings (SSSR count). The number of ether oxygens (including phenoxy) is 2. The van der Waals surface area contributed by atoms with Gasteiger partial charge >= 0.3 is 12.1 Å². The van der Waals surface area contributed by atoms with Crippen LogP contribution in [0.2, 0.25) is 0 Å². The van der Waals surface area contributed by atoms with E-state index in [0.29, 0.717) is 3.57 Å². The molecular weight excluding hydrogens is 566 g/mol. The van der Waals surface area contributed by atoms with E-state index < -0.39 is 35.3 Å². The number of alkyl halides is 3. The minimum absolute atomic E-state index is 0.00882. The van der Waals surface area contributed by atoms with Crippen LogP contribution < -0.4 is 10.1 Å². The molecule has 0 amide bonds. The van der Waals surface area contributed by atoms with Crippen LogP contribution in [0.15, 0.2) is 12.4 Å². The number of Topliss-reactive ketones (excluding diaryl/α,β-unsaturated/α-hetero) is 1. The smallest absolute Gasteiger partial charge is 0.418 e. The van der Waals surface area contributed by atoms with Crippen LogP contribution in [-0.2, 0) is 20.5 Å². The van der Waals surface area contributed by atoms with E-state index in [-0.39, 0.29) is 47.7 Å². The van der Waals surface area contributed by atoms with Crippen molar-refractivity contribution in [1.29, 1.82) is 0 Å². The van der Waals surface area contributed by atoms with Crippen LogP contribution in [0, 0.1) is 9.49 Å². The molecule has 34 heavy (non-hydrogen) atoms. The van der Waals surface area contributed by atoms with Gasteiger partial charge in [0.1, 0.15) is 35.2 Å². The van der Waals surface area contributed by atoms with Crippen molar-refractivity contribution in [2.24, 2.45) is 5.92 Å². The first kappa shape index (κ1) is 26.7. The number of aromatic nitrogens is 2. The molecule has 0 aliphatic carbocycles. The monoisotopic (exact) mass is 595 g/mol. The first-order chi connectivity index (χ1) is 15.6. The van der Waals surface area contributed by atoms with E-state index in [9.17, 15) is 22.8 Å². The Balaban J connectivity index is 1.96. The predicted molar refractivity (Wildman–Crippen MR) is 129 cm³/mol. The lowest BCUT2D eigenvalue weighted by Crippen LogP contribution is -2.57. The zero-order valence-corrected chi connectivity index (χ0v) is 22.1. The van der Waals surface area contributed by atoms with Crippen LogP contribution in [0.1, 0.15) is 59.6 Å². The molecular formula is C23H29F3IN3O4. The average molecular weight is 595 g/mol. The number of hydrogen-bond acceptors (Lipinski definition) is 6. The molecule has 3 atom stereocenters. The number of carbonyl (C=O) groups is 2. The molecule has 2 aromatic rings. The SMILES string of the molecule is CC(C)n1cnc2c(I)c(OC[C@H]3N[C@@H](C)CC(=O)C3C(=O)OC(C)(C)C)cc(C(F)(F)F)c21. The highest BCUT2D eigenvalue weighted by Crippen LogP contribution is 2.41. The molecule has 1 N–H and O–H groups in total. The molecule has 1 aliphatic heterocycles. The molecule has 1 saturated heterocycles. The Hall–Kier alpha value is -1.89. The number of rotatable bonds is 5. The number of fused-ring (bicyclic) bond motifs is 1. The van der Waals surface area contributed by atoms with E-state index in [0.717, 1.165) is 6.07 Å². The van der Waals surface area contributed by atoms with Crippen LogP contribution >= 0.6 is 22.6 Å². The van der Waals surface area contributed by atoms with E-state index in [1.807, 2.05) is 22.6 Å². The Kier molecular flexibility index (Phi) is 7.57. The molecule has 2 heterocycles. The third-order valence-corrected chi connectivity index (χ3v) is 6.49. The minimum atomic E-state index is -4.63. The lowest BCUT2D eigenvalue weighted by molar-refractivity contribution is -0.165. The largest absolute Gasteiger partial charge is 0.491 e. The number of halogens is 4. The summed E-state index contributed by atoms with van der Waals surface area (Å²) in [5, 5.41) is 3.16. The Morgan fingerprint density at radius 3 is 2.53 bits per heavy atom. The molecule has 1 fully saturated rings. The van der Waals surface area contributed by atoms with Crippen molar-refractivity contribution in [2.45, 2.75) is 77.9 Å². The fraction of sp³-hybridized carbons (Fsp3) is 0.609. The third-order valence-electron chi connectivity index (χ3n) is 5.44. The fourth-order valence-corrected chi connectivity index (χ4v) is 4.75. The predicted octanol–water partition coefficient (Wildman–Crippen LogP) is 4.90. The summed E-state index contributed by atoms with van der Waals surface area (Å²) in [6, 6.07) is -0.225. The fourth-order valence-electron chi connectivity index (χ4n) is 4.04. The number of ketones is 1. The summed E-state index contributed by atoms with van der Waals surface area (Å²) in [5.41, 5.74) is -1.47. The second-order valence-corrected chi connectivity index (χ2v) is 10.9. The maximum Gasteiger partial charge on any atom is 0.418 e. The number of piperidine rings is 1. The van der Waals surface area contributed by atoms with Crippen LogP contribution in [0.5, 0.6) is 5.75 Å². The van der Waals surface area contributed by atoms with Gasteiger partial charge in [-0.1, -0.05) is 0 Å². The van der Waals surface area contributed by atoms with Crippen LogP contribution in [0.4, 0.5) is 13.2 Å². The normalized spacial score (nSPS) is 21.9. The van der Waals surface area contributed by atoms with Gasteiger partial charge in [0.2, 0.25) is 0 Å². The van der Waals surface area contributed by atoms with Crippen molar-refractivity contribution in [2.75, 3.05) is 6.61 Å². The lowest BCUT2D eigenvalue weighted by Gasteiger charge is -2.35. The quantitative estimate of drug-likeness (QED) is 0.301. The summed E-state index contributed by atoms with van der Waals surface area (Å²) < 4.78 is 55.0. The van der Waals surface area contributed by atoms with Gasteiger partial charge < -0.3 is 19.4 Å². The van der Waals surface area contributed by atoms with Crippen molar-refractivity contribution in [3.05, 3.63) is 21.5 Å². The van der Waals surface area contributed by atoms with Gasteiger partial charge in [0.15, 0.2) is 0 Å². The molecule has 1 aromatic carbocycles. The minimum Gasteiger partial charge on any atom is -0.491 e. The maximum atomic E-state index is 14.0. The summed E-state index contributed by atoms with van der Waals surface area (Å²) in [6.07, 6.45) is -3.09. The second kappa shape index (κ2) is 9.63. The highest BCUT2D eigenvalue weighted by Gasteiger charge is 2.43. The van der Waals surface area contributed by atoms with Crippen LogP contribution in [0.3, 0.4) is 0 Å². The Labute approximate surface area is 209 Å². The highest BCUT2D eigenvalue weighted by atomic mass is 127. The molecule has 0 bridgehead atoms. The zero-order valence-electron chi connectivity index (χ0n) is 19.9. The average Bonchev–Trinajstić information content (AvgIpc) is 3.10. The van der Waals surface area contributed by atoms with E-state index in [4.69, 9.17) is 9.47 Å². The van der Waals surface area contributed by atoms with Gasteiger partial charge in [-0.3, -0.25) is 9.59 Å². The Morgan fingerprint density at radius 2 is 1.97 bits per heavy atom. The van der Waals surface area contributed by atoms with E-state index in [1.165, 1.54) is 10.9 Å². The van der Waals surface area contributed by atoms with Crippen molar-refractivity contribution in [3.8, 4) is 5.75 Å². The maximum absolute atomic E-state index is 14.0. The number of benzene rings is 1. The first-order valence-electron chi connectivity index (χ1n) is 11.0. The molecule has 1 aliphatic rings. The van der Waals surface area contributed by atoms with Gasteiger partial charge in [-0.05, 0) is 70.2 Å². The van der Waals surface area contributed by atoms with Crippen molar-refractivity contribution in [3.63, 3.8) is 0 Å². The molecule has 11 heteroatoms. The summed E-state index contributed by atoms with van der Waals surface area (Å²) in [7, 11) is 0. The molecule has 188 valence electrons. The standard InChI is InChI=1S/C23H29F3IN3O4/c1-11(2)30-10-28-19-18(27)16(8-13(20(19)30)23(24,25)26)33-9-14-17(15(31)7-12(3)29-14)21(32)34-22(4,5)6/h8,10-12,14,17,29H,7,9H2,1-6H3/t12-,14+,17?/m0/s1. The first-order valence-corrected chi connectivity index (χ1v) is 12.1. The third kappa shape index (κ3) is 5.67. The second-order valence-electron chi connectivity index (χ2n) is 9.84. The molecule has 1 unspecified atom stereocenters. The van der Waals surface area contributed by atoms with Gasteiger partial charge in [0, 0.05) is 18.5 Å². The van der Waals surface area contributed by atoms with Gasteiger partial charge in [0.25, 0.3) is 0 Å². The summed E-state index contributed by atoms with van der Waals surface area (Å²) in [6.45, 7) is 10.3. The van der Waals surface area contributed by atoms with Gasteiger partial charge in [0.05, 0.1) is 27.0 Å². The number of nitrogens with one attached hydrogen (secondary N) is 1. The summed E-state index contributed by atoms with van der Waals surface area (Å²) >= 11 is 1.91. The Morgan fingerprint density at radius 1 is 1.32 bits per heavy atom. The number of carbonyl (C=O) groups excluding carboxylic acids is 2. The number of imidazole rings is 1. The van der Waals surface area contributed by atoms with Crippen molar-refractivity contribution >= 4 is 45.4 Å². The van der Waals surface area contributed by atoms with E-state index >= 15 is 0 Å². The molecule has 0 spiro atoms. The van der Waals surface area contributed by atoms with E-state index in [2.05, 4.69) is 10.3 Å².